The first-order chi connectivity index (χ1) is 11.6. The van der Waals surface area contributed by atoms with Gasteiger partial charge in [0.1, 0.15) is 23.2 Å². The molecular weight excluding hydrogens is 328 g/mol. The van der Waals surface area contributed by atoms with Gasteiger partial charge in [-0.3, -0.25) is 4.79 Å². The van der Waals surface area contributed by atoms with Crippen molar-refractivity contribution in [3.8, 4) is 17.4 Å². The number of carbonyl (C=O) groups is 1. The summed E-state index contributed by atoms with van der Waals surface area (Å²) in [5, 5.41) is 12.5. The normalized spacial score (nSPS) is 11.1. The van der Waals surface area contributed by atoms with Gasteiger partial charge in [0.2, 0.25) is 0 Å². The molecule has 0 spiro atoms. The summed E-state index contributed by atoms with van der Waals surface area (Å²) in [7, 11) is 1.59. The summed E-state index contributed by atoms with van der Waals surface area (Å²) in [4.78, 5) is 12.0. The zero-order valence-electron chi connectivity index (χ0n) is 13.2. The SMILES string of the molecule is COCCCNC(=O)/C(C#N)=C/c1ccc(-c2ccc(Cl)cc2)o1. The van der Waals surface area contributed by atoms with Gasteiger partial charge in [-0.05, 0) is 42.8 Å². The molecule has 0 aliphatic rings. The lowest BCUT2D eigenvalue weighted by Crippen LogP contribution is -2.26. The second-order valence-electron chi connectivity index (χ2n) is 4.98. The van der Waals surface area contributed by atoms with Crippen molar-refractivity contribution in [2.45, 2.75) is 6.42 Å². The third-order valence-corrected chi connectivity index (χ3v) is 3.47. The molecule has 24 heavy (non-hydrogen) atoms. The van der Waals surface area contributed by atoms with Gasteiger partial charge in [0.05, 0.1) is 0 Å². The van der Waals surface area contributed by atoms with Gasteiger partial charge in [-0.1, -0.05) is 11.6 Å². The van der Waals surface area contributed by atoms with Gasteiger partial charge in [0, 0.05) is 36.9 Å². The van der Waals surface area contributed by atoms with Crippen molar-refractivity contribution in [2.75, 3.05) is 20.3 Å². The van der Waals surface area contributed by atoms with E-state index in [2.05, 4.69) is 5.32 Å². The summed E-state index contributed by atoms with van der Waals surface area (Å²) >= 11 is 5.86. The largest absolute Gasteiger partial charge is 0.457 e. The molecule has 0 fully saturated rings. The fraction of sp³-hybridized carbons (Fsp3) is 0.222. The number of hydrogen-bond acceptors (Lipinski definition) is 4. The predicted molar refractivity (Wildman–Crippen MR) is 92.2 cm³/mol. The number of nitrogens with one attached hydrogen (secondary N) is 1. The number of nitrogens with zero attached hydrogens (tertiary/aromatic N) is 1. The van der Waals surface area contributed by atoms with E-state index in [1.165, 1.54) is 6.08 Å². The number of furan rings is 1. The monoisotopic (exact) mass is 344 g/mol. The first kappa shape index (κ1) is 17.8. The highest BCUT2D eigenvalue weighted by Crippen LogP contribution is 2.24. The zero-order valence-corrected chi connectivity index (χ0v) is 14.0. The number of rotatable bonds is 7. The van der Waals surface area contributed by atoms with E-state index in [0.717, 1.165) is 5.56 Å². The minimum absolute atomic E-state index is 0.00979. The highest BCUT2D eigenvalue weighted by molar-refractivity contribution is 6.30. The first-order valence-electron chi connectivity index (χ1n) is 7.38. The smallest absolute Gasteiger partial charge is 0.262 e. The van der Waals surface area contributed by atoms with Crippen LogP contribution in [0, 0.1) is 11.3 Å². The summed E-state index contributed by atoms with van der Waals surface area (Å²) in [5.41, 5.74) is 0.853. The molecule has 5 nitrogen and oxygen atoms in total. The lowest BCUT2D eigenvalue weighted by Gasteiger charge is -2.03. The van der Waals surface area contributed by atoms with Crippen LogP contribution in [0.5, 0.6) is 0 Å². The third-order valence-electron chi connectivity index (χ3n) is 3.22. The molecule has 1 amide bonds. The molecule has 2 rings (SSSR count). The lowest BCUT2D eigenvalue weighted by molar-refractivity contribution is -0.117. The number of carbonyl (C=O) groups excluding carboxylic acids is 1. The van der Waals surface area contributed by atoms with E-state index in [4.69, 9.17) is 26.0 Å². The van der Waals surface area contributed by atoms with Gasteiger partial charge in [0.15, 0.2) is 0 Å². The van der Waals surface area contributed by atoms with Gasteiger partial charge in [0.25, 0.3) is 5.91 Å². The average molecular weight is 345 g/mol. The Kier molecular flexibility index (Phi) is 6.62. The van der Waals surface area contributed by atoms with Gasteiger partial charge >= 0.3 is 0 Å². The summed E-state index contributed by atoms with van der Waals surface area (Å²) in [6, 6.07) is 12.6. The molecule has 1 N–H and O–H groups in total. The van der Waals surface area contributed by atoms with Crippen molar-refractivity contribution < 1.29 is 13.9 Å². The number of hydrogen-bond donors (Lipinski definition) is 1. The number of benzene rings is 1. The van der Waals surface area contributed by atoms with Crippen LogP contribution in [0.3, 0.4) is 0 Å². The molecule has 124 valence electrons. The summed E-state index contributed by atoms with van der Waals surface area (Å²) < 4.78 is 10.6. The van der Waals surface area contributed by atoms with Crippen LogP contribution in [0.15, 0.2) is 46.4 Å². The predicted octanol–water partition coefficient (Wildman–Crippen LogP) is 3.66. The second-order valence-corrected chi connectivity index (χ2v) is 5.42. The summed E-state index contributed by atoms with van der Waals surface area (Å²) in [6.45, 7) is 0.994. The number of halogens is 1. The molecule has 0 unspecified atom stereocenters. The minimum Gasteiger partial charge on any atom is -0.457 e. The maximum Gasteiger partial charge on any atom is 0.262 e. The van der Waals surface area contributed by atoms with Crippen LogP contribution in [0.4, 0.5) is 0 Å². The highest BCUT2D eigenvalue weighted by Gasteiger charge is 2.10. The topological polar surface area (TPSA) is 75.3 Å². The van der Waals surface area contributed by atoms with Crippen LogP contribution < -0.4 is 5.32 Å². The first-order valence-corrected chi connectivity index (χ1v) is 7.76. The van der Waals surface area contributed by atoms with E-state index >= 15 is 0 Å². The molecule has 0 aliphatic heterocycles. The maximum atomic E-state index is 12.0. The Morgan fingerprint density at radius 3 is 2.75 bits per heavy atom. The van der Waals surface area contributed by atoms with Gasteiger partial charge < -0.3 is 14.5 Å². The van der Waals surface area contributed by atoms with Crippen LogP contribution in [0.1, 0.15) is 12.2 Å². The summed E-state index contributed by atoms with van der Waals surface area (Å²) in [5.74, 6) is 0.636. The number of amides is 1. The average Bonchev–Trinajstić information content (AvgIpc) is 3.05. The van der Waals surface area contributed by atoms with Crippen LogP contribution in [0.25, 0.3) is 17.4 Å². The molecule has 1 aromatic carbocycles. The molecule has 1 aromatic heterocycles. The number of methoxy groups -OCH3 is 1. The molecule has 6 heteroatoms. The molecule has 0 atom stereocenters. The Balaban J connectivity index is 2.07. The molecular formula is C18H17ClN2O3. The quantitative estimate of drug-likeness (QED) is 0.472. The van der Waals surface area contributed by atoms with Crippen molar-refractivity contribution in [1.29, 1.82) is 5.26 Å². The van der Waals surface area contributed by atoms with Crippen LogP contribution in [-0.2, 0) is 9.53 Å². The van der Waals surface area contributed by atoms with Crippen LogP contribution in [-0.4, -0.2) is 26.2 Å². The van der Waals surface area contributed by atoms with E-state index < -0.39 is 5.91 Å². The third kappa shape index (κ3) is 4.98. The molecule has 1 heterocycles. The molecule has 0 saturated heterocycles. The van der Waals surface area contributed by atoms with E-state index in [1.807, 2.05) is 18.2 Å². The Hall–Kier alpha value is -2.55. The molecule has 2 aromatic rings. The van der Waals surface area contributed by atoms with Crippen molar-refractivity contribution in [3.05, 3.63) is 52.8 Å². The van der Waals surface area contributed by atoms with E-state index in [-0.39, 0.29) is 5.57 Å². The van der Waals surface area contributed by atoms with E-state index in [1.54, 1.807) is 31.4 Å². The fourth-order valence-corrected chi connectivity index (χ4v) is 2.13. The lowest BCUT2D eigenvalue weighted by atomic mass is 10.2. The van der Waals surface area contributed by atoms with E-state index in [9.17, 15) is 4.79 Å². The van der Waals surface area contributed by atoms with Crippen LogP contribution >= 0.6 is 11.6 Å². The molecule has 0 aliphatic carbocycles. The Morgan fingerprint density at radius 1 is 1.33 bits per heavy atom. The van der Waals surface area contributed by atoms with E-state index in [0.29, 0.717) is 36.1 Å². The highest BCUT2D eigenvalue weighted by atomic mass is 35.5. The number of nitriles is 1. The maximum absolute atomic E-state index is 12.0. The van der Waals surface area contributed by atoms with Crippen molar-refractivity contribution >= 4 is 23.6 Å². The second kappa shape index (κ2) is 8.92. The van der Waals surface area contributed by atoms with Crippen molar-refractivity contribution in [1.82, 2.24) is 5.32 Å². The number of ether oxygens (including phenoxy) is 1. The van der Waals surface area contributed by atoms with Gasteiger partial charge in [-0.25, -0.2) is 0 Å². The standard InChI is InChI=1S/C18H17ClN2O3/c1-23-10-2-9-21-18(22)14(12-20)11-16-7-8-17(24-16)13-3-5-15(19)6-4-13/h3-8,11H,2,9-10H2,1H3,(H,21,22)/b14-11+. The Bertz CT molecular complexity index is 757. The van der Waals surface area contributed by atoms with Crippen molar-refractivity contribution in [2.24, 2.45) is 0 Å². The summed E-state index contributed by atoms with van der Waals surface area (Å²) in [6.07, 6.45) is 2.10. The van der Waals surface area contributed by atoms with Crippen molar-refractivity contribution in [3.63, 3.8) is 0 Å². The van der Waals surface area contributed by atoms with Gasteiger partial charge in [-0.15, -0.1) is 0 Å². The Morgan fingerprint density at radius 2 is 2.08 bits per heavy atom. The molecule has 0 radical (unpaired) electrons. The van der Waals surface area contributed by atoms with Crippen LogP contribution in [0.2, 0.25) is 5.02 Å². The molecule has 0 saturated carbocycles. The zero-order chi connectivity index (χ0) is 17.4. The Labute approximate surface area is 145 Å². The van der Waals surface area contributed by atoms with Gasteiger partial charge in [-0.2, -0.15) is 5.26 Å². The minimum atomic E-state index is -0.432. The molecule has 0 bridgehead atoms. The fourth-order valence-electron chi connectivity index (χ4n) is 2.00.